The van der Waals surface area contributed by atoms with Gasteiger partial charge in [-0.15, -0.1) is 0 Å². The number of thiazole rings is 1. The largest absolute Gasteiger partial charge is 0.495 e. The van der Waals surface area contributed by atoms with Gasteiger partial charge in [0.25, 0.3) is 10.0 Å². The number of aromatic nitrogens is 1. The fraction of sp³-hybridized carbons (Fsp3) is 0.500. The monoisotopic (exact) mass is 395 g/mol. The summed E-state index contributed by atoms with van der Waals surface area (Å²) in [5.74, 6) is 0.321. The summed E-state index contributed by atoms with van der Waals surface area (Å²) in [4.78, 5) is 7.87. The van der Waals surface area contributed by atoms with E-state index in [4.69, 9.17) is 4.74 Å². The fourth-order valence-corrected chi connectivity index (χ4v) is 5.52. The fourth-order valence-electron chi connectivity index (χ4n) is 3.18. The third-order valence-electron chi connectivity index (χ3n) is 4.68. The van der Waals surface area contributed by atoms with E-state index in [1.807, 2.05) is 13.0 Å². The molecule has 1 saturated heterocycles. The van der Waals surface area contributed by atoms with Gasteiger partial charge in [0.05, 0.1) is 7.11 Å². The van der Waals surface area contributed by atoms with Gasteiger partial charge < -0.3 is 4.74 Å². The Labute approximate surface area is 159 Å². The highest BCUT2D eigenvalue weighted by Crippen LogP contribution is 2.29. The van der Waals surface area contributed by atoms with Crippen molar-refractivity contribution < 1.29 is 13.2 Å². The van der Waals surface area contributed by atoms with Crippen LogP contribution in [0.1, 0.15) is 36.6 Å². The molecule has 8 heteroatoms. The molecule has 1 atom stereocenters. The normalized spacial score (nSPS) is 18.7. The summed E-state index contributed by atoms with van der Waals surface area (Å²) in [6.07, 6.45) is 5.47. The first-order chi connectivity index (χ1) is 12.4. The van der Waals surface area contributed by atoms with Crippen molar-refractivity contribution in [3.63, 3.8) is 0 Å². The van der Waals surface area contributed by atoms with Crippen LogP contribution in [0.25, 0.3) is 0 Å². The van der Waals surface area contributed by atoms with Crippen LogP contribution in [0.5, 0.6) is 5.75 Å². The van der Waals surface area contributed by atoms with Crippen LogP contribution in [-0.4, -0.2) is 38.0 Å². The summed E-state index contributed by atoms with van der Waals surface area (Å²) in [6, 6.07) is 5.64. The summed E-state index contributed by atoms with van der Waals surface area (Å²) >= 11 is 1.38. The molecule has 0 aliphatic carbocycles. The molecule has 1 aliphatic heterocycles. The van der Waals surface area contributed by atoms with Crippen LogP contribution < -0.4 is 9.46 Å². The van der Waals surface area contributed by atoms with Crippen molar-refractivity contribution in [1.29, 1.82) is 0 Å². The lowest BCUT2D eigenvalue weighted by atomic mass is 10.0. The lowest BCUT2D eigenvalue weighted by Gasteiger charge is -2.32. The molecule has 26 heavy (non-hydrogen) atoms. The zero-order valence-corrected chi connectivity index (χ0v) is 17.0. The van der Waals surface area contributed by atoms with Crippen molar-refractivity contribution in [2.24, 2.45) is 0 Å². The molecule has 0 bridgehead atoms. The topological polar surface area (TPSA) is 71.5 Å². The van der Waals surface area contributed by atoms with Crippen molar-refractivity contribution in [1.82, 2.24) is 9.88 Å². The number of anilines is 1. The molecule has 0 saturated carbocycles. The van der Waals surface area contributed by atoms with Gasteiger partial charge in [0, 0.05) is 23.7 Å². The zero-order valence-electron chi connectivity index (χ0n) is 15.4. The SMILES string of the molecule is COc1ccc(C)cc1S(=O)(=O)Nc1ncc(CN2CCCCC2C)s1. The summed E-state index contributed by atoms with van der Waals surface area (Å²) in [6.45, 7) is 5.99. The second-order valence-corrected chi connectivity index (χ2v) is 9.47. The van der Waals surface area contributed by atoms with E-state index in [-0.39, 0.29) is 4.90 Å². The number of sulfonamides is 1. The smallest absolute Gasteiger partial charge is 0.267 e. The van der Waals surface area contributed by atoms with Crippen molar-refractivity contribution in [3.05, 3.63) is 34.8 Å². The second kappa shape index (κ2) is 7.94. The average Bonchev–Trinajstić information content (AvgIpc) is 3.03. The molecule has 0 spiro atoms. The van der Waals surface area contributed by atoms with E-state index in [9.17, 15) is 8.42 Å². The molecule has 1 fully saturated rings. The van der Waals surface area contributed by atoms with E-state index < -0.39 is 10.0 Å². The Morgan fingerprint density at radius 2 is 2.19 bits per heavy atom. The number of hydrogen-bond donors (Lipinski definition) is 1. The van der Waals surface area contributed by atoms with Crippen LogP contribution in [0.15, 0.2) is 29.3 Å². The molecule has 3 rings (SSSR count). The number of likely N-dealkylation sites (tertiary alicyclic amines) is 1. The molecule has 1 N–H and O–H groups in total. The maximum atomic E-state index is 12.7. The second-order valence-electron chi connectivity index (χ2n) is 6.71. The lowest BCUT2D eigenvalue weighted by Crippen LogP contribution is -2.36. The van der Waals surface area contributed by atoms with Crippen LogP contribution >= 0.6 is 11.3 Å². The Balaban J connectivity index is 1.75. The standard InChI is InChI=1S/C18H25N3O3S2/c1-13-7-8-16(24-3)17(10-13)26(22,23)20-18-19-11-15(25-18)12-21-9-5-4-6-14(21)2/h7-8,10-11,14H,4-6,9,12H2,1-3H3,(H,19,20). The van der Waals surface area contributed by atoms with Gasteiger partial charge in [-0.05, 0) is 50.9 Å². The number of aryl methyl sites for hydroxylation is 1. The van der Waals surface area contributed by atoms with Crippen LogP contribution in [0, 0.1) is 6.92 Å². The predicted molar refractivity (Wildman–Crippen MR) is 104 cm³/mol. The molecule has 2 aromatic rings. The minimum absolute atomic E-state index is 0.126. The van der Waals surface area contributed by atoms with Gasteiger partial charge in [0.15, 0.2) is 5.13 Å². The van der Waals surface area contributed by atoms with E-state index in [1.165, 1.54) is 37.7 Å². The average molecular weight is 396 g/mol. The van der Waals surface area contributed by atoms with Gasteiger partial charge >= 0.3 is 0 Å². The maximum Gasteiger partial charge on any atom is 0.267 e. The first kappa shape index (κ1) is 19.1. The minimum atomic E-state index is -3.75. The lowest BCUT2D eigenvalue weighted by molar-refractivity contribution is 0.154. The number of piperidine rings is 1. The molecular formula is C18H25N3O3S2. The first-order valence-electron chi connectivity index (χ1n) is 8.75. The molecule has 2 heterocycles. The van der Waals surface area contributed by atoms with E-state index in [0.29, 0.717) is 16.9 Å². The highest BCUT2D eigenvalue weighted by atomic mass is 32.2. The van der Waals surface area contributed by atoms with Gasteiger partial charge in [0.2, 0.25) is 0 Å². The van der Waals surface area contributed by atoms with Crippen molar-refractivity contribution >= 4 is 26.5 Å². The number of hydrogen-bond acceptors (Lipinski definition) is 6. The van der Waals surface area contributed by atoms with Gasteiger partial charge in [-0.25, -0.2) is 13.4 Å². The Bertz CT molecular complexity index is 864. The molecule has 1 aromatic heterocycles. The number of rotatable bonds is 6. The molecule has 0 amide bonds. The Morgan fingerprint density at radius 1 is 1.38 bits per heavy atom. The van der Waals surface area contributed by atoms with E-state index >= 15 is 0 Å². The number of methoxy groups -OCH3 is 1. The van der Waals surface area contributed by atoms with E-state index in [0.717, 1.165) is 23.5 Å². The number of ether oxygens (including phenoxy) is 1. The van der Waals surface area contributed by atoms with E-state index in [1.54, 1.807) is 18.3 Å². The number of nitrogens with zero attached hydrogens (tertiary/aromatic N) is 2. The van der Waals surface area contributed by atoms with Crippen molar-refractivity contribution in [2.75, 3.05) is 18.4 Å². The van der Waals surface area contributed by atoms with Gasteiger partial charge in [-0.1, -0.05) is 23.8 Å². The summed E-state index contributed by atoms with van der Waals surface area (Å²) in [7, 11) is -2.29. The quantitative estimate of drug-likeness (QED) is 0.809. The van der Waals surface area contributed by atoms with Crippen LogP contribution in [0.4, 0.5) is 5.13 Å². The molecule has 142 valence electrons. The minimum Gasteiger partial charge on any atom is -0.495 e. The molecule has 1 aliphatic rings. The Morgan fingerprint density at radius 3 is 2.92 bits per heavy atom. The van der Waals surface area contributed by atoms with Crippen LogP contribution in [0.3, 0.4) is 0 Å². The predicted octanol–water partition coefficient (Wildman–Crippen LogP) is 3.64. The molecular weight excluding hydrogens is 370 g/mol. The van der Waals surface area contributed by atoms with Crippen LogP contribution in [0.2, 0.25) is 0 Å². The number of benzene rings is 1. The van der Waals surface area contributed by atoms with Crippen molar-refractivity contribution in [3.8, 4) is 5.75 Å². The summed E-state index contributed by atoms with van der Waals surface area (Å²) in [5, 5.41) is 0.383. The van der Waals surface area contributed by atoms with Gasteiger partial charge in [-0.2, -0.15) is 0 Å². The van der Waals surface area contributed by atoms with Gasteiger partial charge in [0.1, 0.15) is 10.6 Å². The van der Waals surface area contributed by atoms with Gasteiger partial charge in [-0.3, -0.25) is 9.62 Å². The Kier molecular flexibility index (Phi) is 5.84. The third-order valence-corrected chi connectivity index (χ3v) is 7.07. The first-order valence-corrected chi connectivity index (χ1v) is 11.1. The zero-order chi connectivity index (χ0) is 18.7. The van der Waals surface area contributed by atoms with Crippen molar-refractivity contribution in [2.45, 2.75) is 50.6 Å². The van der Waals surface area contributed by atoms with E-state index in [2.05, 4.69) is 21.5 Å². The molecule has 0 radical (unpaired) electrons. The molecule has 6 nitrogen and oxygen atoms in total. The highest BCUT2D eigenvalue weighted by molar-refractivity contribution is 7.93. The Hall–Kier alpha value is -1.64. The maximum absolute atomic E-state index is 12.7. The summed E-state index contributed by atoms with van der Waals surface area (Å²) < 4.78 is 33.3. The third kappa shape index (κ3) is 4.36. The molecule has 1 unspecified atom stereocenters. The molecule has 1 aromatic carbocycles. The van der Waals surface area contributed by atoms with Crippen LogP contribution in [-0.2, 0) is 16.6 Å². The number of nitrogens with one attached hydrogen (secondary N) is 1. The summed E-state index contributed by atoms with van der Waals surface area (Å²) in [5.41, 5.74) is 0.852. The highest BCUT2D eigenvalue weighted by Gasteiger charge is 2.22.